The van der Waals surface area contributed by atoms with Crippen molar-refractivity contribution in [3.8, 4) is 0 Å². The average Bonchev–Trinajstić information content (AvgIpc) is 3.20. The molecular weight excluding hydrogens is 252 g/mol. The van der Waals surface area contributed by atoms with Crippen LogP contribution in [0.3, 0.4) is 0 Å². The molecule has 2 aliphatic rings. The largest absolute Gasteiger partial charge is 0.376 e. The van der Waals surface area contributed by atoms with Gasteiger partial charge in [-0.25, -0.2) is 0 Å². The Balaban J connectivity index is 1.64. The second kappa shape index (κ2) is 5.94. The van der Waals surface area contributed by atoms with Gasteiger partial charge in [-0.1, -0.05) is 12.1 Å². The molecule has 3 rings (SSSR count). The Labute approximate surface area is 119 Å². The van der Waals surface area contributed by atoms with E-state index >= 15 is 0 Å². The zero-order valence-electron chi connectivity index (χ0n) is 11.7. The first-order valence-corrected chi connectivity index (χ1v) is 7.49. The van der Waals surface area contributed by atoms with Crippen molar-refractivity contribution in [2.45, 2.75) is 37.8 Å². The molecule has 20 heavy (non-hydrogen) atoms. The summed E-state index contributed by atoms with van der Waals surface area (Å²) in [5, 5.41) is 3.14. The average molecular weight is 274 g/mol. The van der Waals surface area contributed by atoms with Gasteiger partial charge in [0.05, 0.1) is 12.1 Å². The summed E-state index contributed by atoms with van der Waals surface area (Å²) in [6, 6.07) is 7.90. The number of benzene rings is 1. The predicted octanol–water partition coefficient (Wildman–Crippen LogP) is 1.49. The number of hydrogen-bond donors (Lipinski definition) is 2. The Bertz CT molecular complexity index is 485. The van der Waals surface area contributed by atoms with Crippen molar-refractivity contribution in [3.63, 3.8) is 0 Å². The molecule has 4 heteroatoms. The van der Waals surface area contributed by atoms with Gasteiger partial charge in [0.25, 0.3) is 5.91 Å². The summed E-state index contributed by atoms with van der Waals surface area (Å²) in [7, 11) is 0. The van der Waals surface area contributed by atoms with Crippen LogP contribution in [-0.2, 0) is 11.2 Å². The molecule has 1 amide bonds. The number of hydrogen-bond acceptors (Lipinski definition) is 3. The third-order valence-electron chi connectivity index (χ3n) is 4.16. The van der Waals surface area contributed by atoms with Crippen LogP contribution in [0.5, 0.6) is 0 Å². The van der Waals surface area contributed by atoms with Crippen LogP contribution in [0.15, 0.2) is 24.3 Å². The number of ether oxygens (including phenoxy) is 1. The van der Waals surface area contributed by atoms with Crippen molar-refractivity contribution >= 4 is 5.91 Å². The summed E-state index contributed by atoms with van der Waals surface area (Å²) >= 11 is 0. The lowest BCUT2D eigenvalue weighted by Gasteiger charge is -2.19. The van der Waals surface area contributed by atoms with Crippen LogP contribution < -0.4 is 11.1 Å². The summed E-state index contributed by atoms with van der Waals surface area (Å²) in [5.74, 6) is 0.663. The number of nitrogens with one attached hydrogen (secondary N) is 1. The SMILES string of the molecule is NCCc1cccc(C(=O)NC2CCOC2C2CC2)c1. The summed E-state index contributed by atoms with van der Waals surface area (Å²) < 4.78 is 5.76. The van der Waals surface area contributed by atoms with Gasteiger partial charge in [0.1, 0.15) is 0 Å². The van der Waals surface area contributed by atoms with Gasteiger partial charge in [-0.05, 0) is 55.8 Å². The van der Waals surface area contributed by atoms with E-state index < -0.39 is 0 Å². The Kier molecular flexibility index (Phi) is 4.03. The monoisotopic (exact) mass is 274 g/mol. The first-order chi connectivity index (χ1) is 9.78. The van der Waals surface area contributed by atoms with E-state index in [0.29, 0.717) is 12.5 Å². The molecule has 1 aromatic carbocycles. The Morgan fingerprint density at radius 1 is 1.35 bits per heavy atom. The van der Waals surface area contributed by atoms with Crippen LogP contribution in [0.4, 0.5) is 0 Å². The van der Waals surface area contributed by atoms with Crippen molar-refractivity contribution in [2.24, 2.45) is 11.7 Å². The third-order valence-corrected chi connectivity index (χ3v) is 4.16. The highest BCUT2D eigenvalue weighted by Crippen LogP contribution is 2.38. The van der Waals surface area contributed by atoms with Crippen molar-refractivity contribution in [1.29, 1.82) is 0 Å². The van der Waals surface area contributed by atoms with E-state index in [0.717, 1.165) is 30.6 Å². The minimum absolute atomic E-state index is 0.00465. The smallest absolute Gasteiger partial charge is 0.251 e. The molecule has 2 atom stereocenters. The first-order valence-electron chi connectivity index (χ1n) is 7.49. The van der Waals surface area contributed by atoms with Crippen LogP contribution in [0, 0.1) is 5.92 Å². The molecule has 1 heterocycles. The Morgan fingerprint density at radius 3 is 2.95 bits per heavy atom. The van der Waals surface area contributed by atoms with Crippen LogP contribution in [-0.4, -0.2) is 31.2 Å². The standard InChI is InChI=1S/C16H22N2O2/c17-8-6-11-2-1-3-13(10-11)16(19)18-14-7-9-20-15(14)12-4-5-12/h1-3,10,12,14-15H,4-9,17H2,(H,18,19). The summed E-state index contributed by atoms with van der Waals surface area (Å²) in [6.07, 6.45) is 4.44. The molecule has 0 bridgehead atoms. The Morgan fingerprint density at radius 2 is 2.20 bits per heavy atom. The molecule has 1 saturated carbocycles. The van der Waals surface area contributed by atoms with E-state index in [2.05, 4.69) is 5.32 Å². The van der Waals surface area contributed by atoms with Gasteiger partial charge in [-0.3, -0.25) is 4.79 Å². The van der Waals surface area contributed by atoms with Crippen molar-refractivity contribution in [3.05, 3.63) is 35.4 Å². The highest BCUT2D eigenvalue weighted by molar-refractivity contribution is 5.94. The highest BCUT2D eigenvalue weighted by atomic mass is 16.5. The fourth-order valence-electron chi connectivity index (χ4n) is 2.94. The van der Waals surface area contributed by atoms with Gasteiger partial charge < -0.3 is 15.8 Å². The van der Waals surface area contributed by atoms with Gasteiger partial charge >= 0.3 is 0 Å². The van der Waals surface area contributed by atoms with Gasteiger partial charge in [0.15, 0.2) is 0 Å². The van der Waals surface area contributed by atoms with E-state index in [4.69, 9.17) is 10.5 Å². The van der Waals surface area contributed by atoms with Crippen molar-refractivity contribution < 1.29 is 9.53 Å². The van der Waals surface area contributed by atoms with Crippen LogP contribution in [0.25, 0.3) is 0 Å². The summed E-state index contributed by atoms with van der Waals surface area (Å²) in [6.45, 7) is 1.37. The first kappa shape index (κ1) is 13.6. The molecule has 0 radical (unpaired) electrons. The van der Waals surface area contributed by atoms with Gasteiger partial charge in [-0.2, -0.15) is 0 Å². The second-order valence-electron chi connectivity index (χ2n) is 5.78. The maximum absolute atomic E-state index is 12.3. The molecule has 1 saturated heterocycles. The van der Waals surface area contributed by atoms with E-state index in [1.54, 1.807) is 0 Å². The lowest BCUT2D eigenvalue weighted by Crippen LogP contribution is -2.41. The van der Waals surface area contributed by atoms with Gasteiger partial charge in [-0.15, -0.1) is 0 Å². The normalized spacial score (nSPS) is 25.6. The minimum Gasteiger partial charge on any atom is -0.376 e. The van der Waals surface area contributed by atoms with Gasteiger partial charge in [0.2, 0.25) is 0 Å². The molecule has 1 aliphatic carbocycles. The quantitative estimate of drug-likeness (QED) is 0.855. The van der Waals surface area contributed by atoms with Crippen molar-refractivity contribution in [1.82, 2.24) is 5.32 Å². The molecule has 2 fully saturated rings. The predicted molar refractivity (Wildman–Crippen MR) is 77.5 cm³/mol. The second-order valence-corrected chi connectivity index (χ2v) is 5.78. The van der Waals surface area contributed by atoms with E-state index in [9.17, 15) is 4.79 Å². The molecule has 2 unspecified atom stereocenters. The van der Waals surface area contributed by atoms with E-state index in [-0.39, 0.29) is 18.1 Å². The summed E-state index contributed by atoms with van der Waals surface area (Å²) in [5.41, 5.74) is 7.39. The zero-order valence-corrected chi connectivity index (χ0v) is 11.7. The molecule has 0 spiro atoms. The zero-order chi connectivity index (χ0) is 13.9. The van der Waals surface area contributed by atoms with Crippen LogP contribution >= 0.6 is 0 Å². The molecule has 1 aromatic rings. The van der Waals surface area contributed by atoms with Gasteiger partial charge in [0, 0.05) is 12.2 Å². The number of carbonyl (C=O) groups is 1. The van der Waals surface area contributed by atoms with Crippen LogP contribution in [0.2, 0.25) is 0 Å². The Hall–Kier alpha value is -1.39. The molecule has 1 aliphatic heterocycles. The number of amides is 1. The molecule has 108 valence electrons. The molecule has 0 aromatic heterocycles. The maximum atomic E-state index is 12.3. The molecule has 3 N–H and O–H groups in total. The topological polar surface area (TPSA) is 64.4 Å². The van der Waals surface area contributed by atoms with E-state index in [1.807, 2.05) is 24.3 Å². The maximum Gasteiger partial charge on any atom is 0.251 e. The fourth-order valence-corrected chi connectivity index (χ4v) is 2.94. The number of nitrogens with two attached hydrogens (primary N) is 1. The van der Waals surface area contributed by atoms with E-state index in [1.165, 1.54) is 12.8 Å². The highest BCUT2D eigenvalue weighted by Gasteiger charge is 2.41. The number of carbonyl (C=O) groups excluding carboxylic acids is 1. The lowest BCUT2D eigenvalue weighted by atomic mass is 10.0. The third kappa shape index (κ3) is 3.02. The number of rotatable bonds is 5. The van der Waals surface area contributed by atoms with Crippen LogP contribution in [0.1, 0.15) is 35.2 Å². The molecule has 4 nitrogen and oxygen atoms in total. The fraction of sp³-hybridized carbons (Fsp3) is 0.562. The minimum atomic E-state index is 0.00465. The molecular formula is C16H22N2O2. The summed E-state index contributed by atoms with van der Waals surface area (Å²) in [4.78, 5) is 12.3. The van der Waals surface area contributed by atoms with Crippen molar-refractivity contribution in [2.75, 3.05) is 13.2 Å². The lowest BCUT2D eigenvalue weighted by molar-refractivity contribution is 0.0729.